The van der Waals surface area contributed by atoms with Crippen LogP contribution in [0.3, 0.4) is 0 Å². The fourth-order valence-corrected chi connectivity index (χ4v) is 6.40. The number of amides is 1. The van der Waals surface area contributed by atoms with Gasteiger partial charge in [0.25, 0.3) is 10.0 Å². The van der Waals surface area contributed by atoms with Crippen LogP contribution in [0.4, 0.5) is 10.6 Å². The van der Waals surface area contributed by atoms with E-state index in [9.17, 15) is 13.2 Å². The summed E-state index contributed by atoms with van der Waals surface area (Å²) < 4.78 is 35.6. The van der Waals surface area contributed by atoms with Gasteiger partial charge in [-0.05, 0) is 51.5 Å². The molecule has 0 aliphatic carbocycles. The number of hydrogen-bond donors (Lipinski definition) is 0. The monoisotopic (exact) mass is 531 g/mol. The summed E-state index contributed by atoms with van der Waals surface area (Å²) >= 11 is 0. The molecule has 38 heavy (non-hydrogen) atoms. The summed E-state index contributed by atoms with van der Waals surface area (Å²) in [4.78, 5) is 16.7. The van der Waals surface area contributed by atoms with Gasteiger partial charge >= 0.3 is 6.09 Å². The molecule has 0 N–H and O–H groups in total. The van der Waals surface area contributed by atoms with E-state index in [1.54, 1.807) is 17.0 Å². The first-order valence-corrected chi connectivity index (χ1v) is 14.2. The largest absolute Gasteiger partial charge is 0.444 e. The van der Waals surface area contributed by atoms with Crippen molar-refractivity contribution >= 4 is 32.8 Å². The van der Waals surface area contributed by atoms with E-state index in [2.05, 4.69) is 4.90 Å². The maximum Gasteiger partial charge on any atom is 0.410 e. The quantitative estimate of drug-likeness (QED) is 0.327. The van der Waals surface area contributed by atoms with Crippen molar-refractivity contribution in [1.82, 2.24) is 8.87 Å². The van der Waals surface area contributed by atoms with Gasteiger partial charge in [-0.15, -0.1) is 0 Å². The second-order valence-electron chi connectivity index (χ2n) is 10.6. The molecule has 7 nitrogen and oxygen atoms in total. The number of ether oxygens (including phenoxy) is 1. The molecule has 0 unspecified atom stereocenters. The number of para-hydroxylation sites is 1. The van der Waals surface area contributed by atoms with Crippen molar-refractivity contribution in [2.24, 2.45) is 0 Å². The molecule has 2 heterocycles. The third-order valence-electron chi connectivity index (χ3n) is 6.66. The average molecular weight is 532 g/mol. The van der Waals surface area contributed by atoms with Crippen molar-refractivity contribution in [2.75, 3.05) is 31.1 Å². The zero-order valence-corrected chi connectivity index (χ0v) is 23.0. The van der Waals surface area contributed by atoms with Gasteiger partial charge in [-0.25, -0.2) is 17.2 Å². The smallest absolute Gasteiger partial charge is 0.410 e. The van der Waals surface area contributed by atoms with E-state index in [4.69, 9.17) is 4.74 Å². The molecule has 1 saturated heterocycles. The van der Waals surface area contributed by atoms with Crippen LogP contribution in [0.15, 0.2) is 83.8 Å². The van der Waals surface area contributed by atoms with Gasteiger partial charge in [0.1, 0.15) is 11.4 Å². The third-order valence-corrected chi connectivity index (χ3v) is 8.38. The topological polar surface area (TPSA) is 71.9 Å². The Morgan fingerprint density at radius 2 is 1.42 bits per heavy atom. The summed E-state index contributed by atoms with van der Waals surface area (Å²) in [6, 6.07) is 24.4. The number of aryl methyl sites for hydroxylation is 1. The fraction of sp³-hybridized carbons (Fsp3) is 0.300. The van der Waals surface area contributed by atoms with Crippen molar-refractivity contribution < 1.29 is 17.9 Å². The summed E-state index contributed by atoms with van der Waals surface area (Å²) in [6.45, 7) is 9.28. The van der Waals surface area contributed by atoms with Gasteiger partial charge in [0.2, 0.25) is 0 Å². The summed E-state index contributed by atoms with van der Waals surface area (Å²) in [5, 5.41) is 0.860. The fourth-order valence-electron chi connectivity index (χ4n) is 4.86. The second kappa shape index (κ2) is 9.83. The molecule has 3 aromatic carbocycles. The minimum Gasteiger partial charge on any atom is -0.444 e. The standard InChI is InChI=1S/C30H33N3O4S/c1-22-14-16-24(17-15-22)38(35,36)33-26-13-9-8-12-25(26)27(23-10-6-5-7-11-23)28(33)31-18-20-32(21-19-31)29(34)37-30(2,3)4/h5-17H,18-21H2,1-4H3. The highest BCUT2D eigenvalue weighted by molar-refractivity contribution is 7.90. The normalized spacial score (nSPS) is 14.6. The van der Waals surface area contributed by atoms with Gasteiger partial charge in [0.05, 0.1) is 10.4 Å². The highest BCUT2D eigenvalue weighted by Gasteiger charge is 2.33. The van der Waals surface area contributed by atoms with Gasteiger partial charge in [-0.1, -0.05) is 66.2 Å². The lowest BCUT2D eigenvalue weighted by molar-refractivity contribution is 0.0240. The highest BCUT2D eigenvalue weighted by atomic mass is 32.2. The predicted octanol–water partition coefficient (Wildman–Crippen LogP) is 5.91. The molecule has 0 atom stereocenters. The molecule has 1 aromatic heterocycles. The zero-order chi connectivity index (χ0) is 27.1. The van der Waals surface area contributed by atoms with Crippen LogP contribution in [0.25, 0.3) is 22.0 Å². The van der Waals surface area contributed by atoms with Crippen LogP contribution in [0.5, 0.6) is 0 Å². The number of carbonyl (C=O) groups excluding carboxylic acids is 1. The number of rotatable bonds is 4. The Balaban J connectivity index is 1.66. The van der Waals surface area contributed by atoms with Crippen molar-refractivity contribution in [2.45, 2.75) is 38.2 Å². The number of carbonyl (C=O) groups is 1. The van der Waals surface area contributed by atoms with Crippen molar-refractivity contribution in [3.05, 3.63) is 84.4 Å². The van der Waals surface area contributed by atoms with Crippen LogP contribution >= 0.6 is 0 Å². The number of fused-ring (bicyclic) bond motifs is 1. The van der Waals surface area contributed by atoms with Crippen LogP contribution in [-0.2, 0) is 14.8 Å². The molecule has 1 aliphatic heterocycles. The minimum atomic E-state index is -3.93. The van der Waals surface area contributed by atoms with Crippen LogP contribution in [0, 0.1) is 6.92 Å². The van der Waals surface area contributed by atoms with E-state index < -0.39 is 15.6 Å². The van der Waals surface area contributed by atoms with Gasteiger partial charge in [0.15, 0.2) is 0 Å². The third kappa shape index (κ3) is 4.88. The Morgan fingerprint density at radius 3 is 2.05 bits per heavy atom. The molecule has 0 spiro atoms. The molecule has 198 valence electrons. The Bertz CT molecular complexity index is 1560. The maximum absolute atomic E-state index is 14.2. The molecule has 0 saturated carbocycles. The van der Waals surface area contributed by atoms with Crippen molar-refractivity contribution in [1.29, 1.82) is 0 Å². The molecule has 0 bridgehead atoms. The molecule has 5 rings (SSSR count). The molecule has 0 radical (unpaired) electrons. The van der Waals surface area contributed by atoms with Crippen LogP contribution in [0.1, 0.15) is 26.3 Å². The Kier molecular flexibility index (Phi) is 6.69. The Labute approximate surface area is 224 Å². The first kappa shape index (κ1) is 25.9. The highest BCUT2D eigenvalue weighted by Crippen LogP contribution is 2.43. The Morgan fingerprint density at radius 1 is 0.816 bits per heavy atom. The number of anilines is 1. The van der Waals surface area contributed by atoms with E-state index >= 15 is 0 Å². The number of nitrogens with zero attached hydrogens (tertiary/aromatic N) is 3. The lowest BCUT2D eigenvalue weighted by Crippen LogP contribution is -2.50. The van der Waals surface area contributed by atoms with Crippen LogP contribution in [0.2, 0.25) is 0 Å². The molecular formula is C30H33N3O4S. The number of piperazine rings is 1. The van der Waals surface area contributed by atoms with Crippen molar-refractivity contribution in [3.63, 3.8) is 0 Å². The first-order valence-electron chi connectivity index (χ1n) is 12.8. The van der Waals surface area contributed by atoms with Gasteiger partial charge in [-0.2, -0.15) is 0 Å². The van der Waals surface area contributed by atoms with E-state index in [1.165, 1.54) is 3.97 Å². The Hall–Kier alpha value is -3.78. The molecule has 1 fully saturated rings. The lowest BCUT2D eigenvalue weighted by atomic mass is 10.0. The van der Waals surface area contributed by atoms with Gasteiger partial charge in [-0.3, -0.25) is 0 Å². The van der Waals surface area contributed by atoms with Crippen molar-refractivity contribution in [3.8, 4) is 11.1 Å². The molecule has 1 aliphatic rings. The lowest BCUT2D eigenvalue weighted by Gasteiger charge is -2.37. The number of hydrogen-bond acceptors (Lipinski definition) is 5. The summed E-state index contributed by atoms with van der Waals surface area (Å²) in [6.07, 6.45) is -0.353. The maximum atomic E-state index is 14.2. The molecule has 4 aromatic rings. The van der Waals surface area contributed by atoms with Gasteiger partial charge < -0.3 is 14.5 Å². The SMILES string of the molecule is Cc1ccc(S(=O)(=O)n2c(N3CCN(C(=O)OC(C)(C)C)CC3)c(-c3ccccc3)c3ccccc32)cc1. The molecule has 8 heteroatoms. The molecular weight excluding hydrogens is 498 g/mol. The van der Waals surface area contributed by atoms with Crippen LogP contribution in [-0.4, -0.2) is 55.2 Å². The van der Waals surface area contributed by atoms with Gasteiger partial charge in [0, 0.05) is 37.1 Å². The summed E-state index contributed by atoms with van der Waals surface area (Å²) in [7, 11) is -3.93. The van der Waals surface area contributed by atoms with Crippen LogP contribution < -0.4 is 4.90 Å². The number of aromatic nitrogens is 1. The van der Waals surface area contributed by atoms with E-state index in [0.717, 1.165) is 22.1 Å². The summed E-state index contributed by atoms with van der Waals surface area (Å²) in [5.41, 5.74) is 2.83. The first-order chi connectivity index (χ1) is 18.1. The minimum absolute atomic E-state index is 0.233. The molecule has 1 amide bonds. The van der Waals surface area contributed by atoms with E-state index in [1.807, 2.05) is 94.4 Å². The average Bonchev–Trinajstić information content (AvgIpc) is 3.24. The van der Waals surface area contributed by atoms with E-state index in [-0.39, 0.29) is 11.0 Å². The van der Waals surface area contributed by atoms with E-state index in [0.29, 0.717) is 37.5 Å². The zero-order valence-electron chi connectivity index (χ0n) is 22.2. The second-order valence-corrected chi connectivity index (χ2v) is 12.4. The number of benzene rings is 3. The predicted molar refractivity (Wildman–Crippen MR) is 151 cm³/mol. The summed E-state index contributed by atoms with van der Waals surface area (Å²) in [5.74, 6) is 0.613.